The minimum absolute atomic E-state index is 0. The molecule has 0 spiro atoms. The Morgan fingerprint density at radius 1 is 0.917 bits per heavy atom. The van der Waals surface area contributed by atoms with Crippen LogP contribution >= 0.6 is 0 Å². The fraction of sp³-hybridized carbons (Fsp3) is 0. The average Bonchev–Trinajstić information content (AvgIpc) is 2.30. The number of carbonyl (C=O) groups excluding carboxylic acids is 2. The molecule has 1 aliphatic heterocycles. The number of rotatable bonds is 0. The first-order chi connectivity index (χ1) is 5.29. The number of hydrogen-bond acceptors (Lipinski definition) is 3. The Balaban J connectivity index is 0.000000720. The average molecular weight is 355 g/mol. The molecule has 58 valence electrons. The van der Waals surface area contributed by atoms with Gasteiger partial charge in [0.25, 0.3) is 0 Å². The van der Waals surface area contributed by atoms with E-state index in [9.17, 15) is 9.59 Å². The van der Waals surface area contributed by atoms with Crippen molar-refractivity contribution in [1.29, 1.82) is 0 Å². The quantitative estimate of drug-likeness (QED) is 0.389. The second-order valence-electron chi connectivity index (χ2n) is 2.22. The maximum atomic E-state index is 10.8. The number of benzene rings is 1. The van der Waals surface area contributed by atoms with Gasteiger partial charge in [0, 0.05) is 27.3 Å². The first-order valence-corrected chi connectivity index (χ1v) is 3.14. The SMILES string of the molecule is O=C1OC(=O)c2ccccc21.[Pb]. The molecule has 1 aromatic carbocycles. The van der Waals surface area contributed by atoms with Crippen molar-refractivity contribution in [2.45, 2.75) is 0 Å². The summed E-state index contributed by atoms with van der Waals surface area (Å²) in [6, 6.07) is 6.53. The van der Waals surface area contributed by atoms with Gasteiger partial charge in [-0.3, -0.25) is 0 Å². The number of fused-ring (bicyclic) bond motifs is 1. The molecule has 4 heteroatoms. The van der Waals surface area contributed by atoms with Gasteiger partial charge in [0.1, 0.15) is 0 Å². The van der Waals surface area contributed by atoms with E-state index in [4.69, 9.17) is 0 Å². The van der Waals surface area contributed by atoms with E-state index in [0.717, 1.165) is 0 Å². The molecule has 1 aromatic rings. The minimum Gasteiger partial charge on any atom is -0.386 e. The van der Waals surface area contributed by atoms with Crippen molar-refractivity contribution in [1.82, 2.24) is 0 Å². The third-order valence-corrected chi connectivity index (χ3v) is 1.55. The van der Waals surface area contributed by atoms with Crippen LogP contribution in [0.1, 0.15) is 20.7 Å². The number of hydrogen-bond donors (Lipinski definition) is 0. The van der Waals surface area contributed by atoms with E-state index in [1.165, 1.54) is 0 Å². The summed E-state index contributed by atoms with van der Waals surface area (Å²) in [6.45, 7) is 0. The molecular formula is C8H4O3Pb. The van der Waals surface area contributed by atoms with Crippen LogP contribution in [0.5, 0.6) is 0 Å². The summed E-state index contributed by atoms with van der Waals surface area (Å²) in [5.41, 5.74) is 0.718. The van der Waals surface area contributed by atoms with E-state index in [1.54, 1.807) is 24.3 Å². The summed E-state index contributed by atoms with van der Waals surface area (Å²) in [5.74, 6) is -1.10. The summed E-state index contributed by atoms with van der Waals surface area (Å²) in [5, 5.41) is 0. The summed E-state index contributed by atoms with van der Waals surface area (Å²) >= 11 is 0. The van der Waals surface area contributed by atoms with Crippen LogP contribution in [0.15, 0.2) is 24.3 Å². The van der Waals surface area contributed by atoms with Gasteiger partial charge in [0.05, 0.1) is 11.1 Å². The first kappa shape index (κ1) is 9.37. The fourth-order valence-corrected chi connectivity index (χ4v) is 1.03. The van der Waals surface area contributed by atoms with Crippen LogP contribution in [-0.4, -0.2) is 39.2 Å². The molecule has 0 atom stereocenters. The number of cyclic esters (lactones) is 2. The third-order valence-electron chi connectivity index (χ3n) is 1.55. The molecule has 0 aromatic heterocycles. The van der Waals surface area contributed by atoms with Crippen LogP contribution in [0.2, 0.25) is 0 Å². The van der Waals surface area contributed by atoms with E-state index < -0.39 is 11.9 Å². The second kappa shape index (κ2) is 3.34. The van der Waals surface area contributed by atoms with Crippen LogP contribution < -0.4 is 0 Å². The topological polar surface area (TPSA) is 43.4 Å². The molecule has 0 fully saturated rings. The normalized spacial score (nSPS) is 13.3. The molecule has 0 saturated carbocycles. The molecule has 4 radical (unpaired) electrons. The van der Waals surface area contributed by atoms with Crippen molar-refractivity contribution in [3.05, 3.63) is 35.4 Å². The first-order valence-electron chi connectivity index (χ1n) is 3.14. The van der Waals surface area contributed by atoms with Gasteiger partial charge < -0.3 is 4.74 Å². The summed E-state index contributed by atoms with van der Waals surface area (Å²) < 4.78 is 4.35. The Labute approximate surface area is 88.9 Å². The van der Waals surface area contributed by atoms with Crippen molar-refractivity contribution in [3.63, 3.8) is 0 Å². The molecule has 0 unspecified atom stereocenters. The molecule has 0 aliphatic carbocycles. The van der Waals surface area contributed by atoms with Crippen LogP contribution in [0, 0.1) is 0 Å². The Morgan fingerprint density at radius 3 is 1.75 bits per heavy atom. The summed E-state index contributed by atoms with van der Waals surface area (Å²) in [7, 11) is 0. The summed E-state index contributed by atoms with van der Waals surface area (Å²) in [6.07, 6.45) is 0. The second-order valence-corrected chi connectivity index (χ2v) is 2.22. The van der Waals surface area contributed by atoms with Crippen molar-refractivity contribution in [2.24, 2.45) is 0 Å². The smallest absolute Gasteiger partial charge is 0.346 e. The van der Waals surface area contributed by atoms with Gasteiger partial charge in [-0.15, -0.1) is 0 Å². The Morgan fingerprint density at radius 2 is 1.33 bits per heavy atom. The zero-order chi connectivity index (χ0) is 7.84. The molecule has 0 saturated heterocycles. The van der Waals surface area contributed by atoms with Crippen molar-refractivity contribution in [3.8, 4) is 0 Å². The van der Waals surface area contributed by atoms with Crippen LogP contribution in [-0.2, 0) is 4.74 Å². The Hall–Kier alpha value is -0.718. The van der Waals surface area contributed by atoms with Crippen molar-refractivity contribution >= 4 is 39.2 Å². The predicted molar refractivity (Wildman–Crippen MR) is 41.9 cm³/mol. The molecule has 3 nitrogen and oxygen atoms in total. The zero-order valence-electron chi connectivity index (χ0n) is 6.03. The van der Waals surface area contributed by atoms with E-state index in [1.807, 2.05) is 0 Å². The zero-order valence-corrected chi connectivity index (χ0v) is 9.92. The molecule has 1 aliphatic rings. The molecule has 12 heavy (non-hydrogen) atoms. The molecule has 0 bridgehead atoms. The predicted octanol–water partition coefficient (Wildman–Crippen LogP) is 0.616. The van der Waals surface area contributed by atoms with Crippen molar-refractivity contribution in [2.75, 3.05) is 0 Å². The Kier molecular flexibility index (Phi) is 2.61. The number of carbonyl (C=O) groups is 2. The van der Waals surface area contributed by atoms with Crippen LogP contribution in [0.4, 0.5) is 0 Å². The third kappa shape index (κ3) is 1.28. The van der Waals surface area contributed by atoms with Crippen LogP contribution in [0.3, 0.4) is 0 Å². The van der Waals surface area contributed by atoms with Gasteiger partial charge in [0.15, 0.2) is 0 Å². The molecule has 0 N–H and O–H groups in total. The fourth-order valence-electron chi connectivity index (χ4n) is 1.03. The van der Waals surface area contributed by atoms with E-state index in [0.29, 0.717) is 11.1 Å². The van der Waals surface area contributed by atoms with Crippen LogP contribution in [0.25, 0.3) is 0 Å². The monoisotopic (exact) mass is 356 g/mol. The standard InChI is InChI=1S/C8H4O3.Pb/c9-7-5-3-1-2-4-6(5)8(10)11-7;/h1-4H;. The maximum absolute atomic E-state index is 10.8. The number of ether oxygens (including phenoxy) is 1. The number of esters is 2. The van der Waals surface area contributed by atoms with Gasteiger partial charge in [-0.1, -0.05) is 12.1 Å². The molecular weight excluding hydrogens is 351 g/mol. The van der Waals surface area contributed by atoms with Crippen molar-refractivity contribution < 1.29 is 14.3 Å². The minimum atomic E-state index is -0.550. The molecule has 1 heterocycles. The molecule has 2 rings (SSSR count). The Bertz CT molecular complexity index is 313. The van der Waals surface area contributed by atoms with Gasteiger partial charge in [-0.2, -0.15) is 0 Å². The van der Waals surface area contributed by atoms with Gasteiger partial charge in [-0.05, 0) is 12.1 Å². The largest absolute Gasteiger partial charge is 0.386 e. The van der Waals surface area contributed by atoms with Gasteiger partial charge in [-0.25, -0.2) is 9.59 Å². The molecule has 0 amide bonds. The van der Waals surface area contributed by atoms with Gasteiger partial charge >= 0.3 is 11.9 Å². The van der Waals surface area contributed by atoms with Gasteiger partial charge in [0.2, 0.25) is 0 Å². The summed E-state index contributed by atoms with van der Waals surface area (Å²) in [4.78, 5) is 21.7. The van der Waals surface area contributed by atoms with E-state index in [-0.39, 0.29) is 27.3 Å². The van der Waals surface area contributed by atoms with E-state index in [2.05, 4.69) is 4.74 Å². The maximum Gasteiger partial charge on any atom is 0.346 e. The van der Waals surface area contributed by atoms with E-state index >= 15 is 0 Å².